The fraction of sp³-hybridized carbons (Fsp3) is 0.417. The van der Waals surface area contributed by atoms with Crippen molar-refractivity contribution in [3.05, 3.63) is 41.6 Å². The first-order chi connectivity index (χ1) is 15.3. The van der Waals surface area contributed by atoms with E-state index in [0.29, 0.717) is 42.0 Å². The summed E-state index contributed by atoms with van der Waals surface area (Å²) in [5.41, 5.74) is 1.20. The molecule has 1 fully saturated rings. The average Bonchev–Trinajstić information content (AvgIpc) is 2.96. The Hall–Kier alpha value is -3.26. The predicted octanol–water partition coefficient (Wildman–Crippen LogP) is 2.81. The number of ether oxygens (including phenoxy) is 2. The molecule has 0 aliphatic carbocycles. The lowest BCUT2D eigenvalue weighted by molar-refractivity contribution is -0.168. The molecule has 8 nitrogen and oxygen atoms in total. The van der Waals surface area contributed by atoms with Crippen LogP contribution in [0.4, 0.5) is 0 Å². The Morgan fingerprint density at radius 3 is 2.94 bits per heavy atom. The maximum atomic E-state index is 13.3. The number of fused-ring (bicyclic) bond motifs is 6. The maximum Gasteiger partial charge on any atom is 0.338 e. The molecule has 8 heteroatoms. The lowest BCUT2D eigenvalue weighted by atomic mass is 9.79. The standard InChI is InChI=1S/C24H24N2O6.H2/c1-3-6-24(30)17-8-16(12-31-23(24)29)22(28)26-11-15-7-14-9-18(32-13(2)27)4-5-19(14)25-21(15)20(26)10-17;/h4-5,7,9-10,16-17,30H,3,6,8,11-12H2,1-2H3;1H/t16?,17?,24-;/m1./s1. The Morgan fingerprint density at radius 1 is 1.38 bits per heavy atom. The zero-order valence-corrected chi connectivity index (χ0v) is 18.0. The van der Waals surface area contributed by atoms with Crippen molar-refractivity contribution in [2.75, 3.05) is 6.61 Å². The van der Waals surface area contributed by atoms with Gasteiger partial charge in [0, 0.05) is 25.2 Å². The van der Waals surface area contributed by atoms with Crippen LogP contribution in [0.5, 0.6) is 5.75 Å². The van der Waals surface area contributed by atoms with Crippen LogP contribution in [0.3, 0.4) is 0 Å². The third-order valence-corrected chi connectivity index (χ3v) is 6.52. The van der Waals surface area contributed by atoms with Crippen LogP contribution in [-0.4, -0.2) is 45.0 Å². The van der Waals surface area contributed by atoms with Crippen LogP contribution in [0.15, 0.2) is 30.3 Å². The minimum Gasteiger partial charge on any atom is -0.463 e. The van der Waals surface area contributed by atoms with E-state index in [-0.39, 0.29) is 20.4 Å². The number of nitrogens with zero attached hydrogens (tertiary/aromatic N) is 2. The van der Waals surface area contributed by atoms with Crippen LogP contribution in [0.25, 0.3) is 16.6 Å². The number of aromatic nitrogens is 1. The second-order valence-corrected chi connectivity index (χ2v) is 8.73. The van der Waals surface area contributed by atoms with Crippen molar-refractivity contribution in [2.45, 2.75) is 45.3 Å². The van der Waals surface area contributed by atoms with E-state index in [1.54, 1.807) is 23.1 Å². The van der Waals surface area contributed by atoms with Gasteiger partial charge in [0.05, 0.1) is 29.4 Å². The molecular formula is C24H26N2O6. The molecule has 0 spiro atoms. The van der Waals surface area contributed by atoms with E-state index < -0.39 is 29.4 Å². The number of hydrogen-bond acceptors (Lipinski definition) is 7. The molecule has 32 heavy (non-hydrogen) atoms. The molecule has 5 rings (SSSR count). The number of amides is 1. The molecule has 0 radical (unpaired) electrons. The zero-order valence-electron chi connectivity index (χ0n) is 18.0. The van der Waals surface area contributed by atoms with E-state index in [0.717, 1.165) is 10.9 Å². The van der Waals surface area contributed by atoms with Crippen molar-refractivity contribution in [2.24, 2.45) is 11.8 Å². The first kappa shape index (κ1) is 20.6. The fourth-order valence-corrected chi connectivity index (χ4v) is 5.00. The maximum absolute atomic E-state index is 13.3. The Bertz CT molecular complexity index is 1190. The number of pyridine rings is 1. The van der Waals surface area contributed by atoms with Crippen LogP contribution >= 0.6 is 0 Å². The lowest BCUT2D eigenvalue weighted by Gasteiger charge is -2.30. The van der Waals surface area contributed by atoms with Crippen LogP contribution in [0, 0.1) is 11.8 Å². The molecular weight excluding hydrogens is 412 g/mol. The van der Waals surface area contributed by atoms with Gasteiger partial charge in [-0.15, -0.1) is 0 Å². The number of benzene rings is 1. The van der Waals surface area contributed by atoms with Gasteiger partial charge in [0.1, 0.15) is 12.4 Å². The molecule has 3 atom stereocenters. The van der Waals surface area contributed by atoms with E-state index in [4.69, 9.17) is 14.5 Å². The van der Waals surface area contributed by atoms with E-state index in [1.165, 1.54) is 6.92 Å². The van der Waals surface area contributed by atoms with Gasteiger partial charge in [0.2, 0.25) is 5.91 Å². The molecule has 3 aliphatic heterocycles. The monoisotopic (exact) mass is 438 g/mol. The number of aliphatic hydroxyl groups is 1. The van der Waals surface area contributed by atoms with Crippen molar-refractivity contribution >= 4 is 34.4 Å². The Kier molecular flexibility index (Phi) is 4.78. The highest BCUT2D eigenvalue weighted by Gasteiger charge is 2.51. The van der Waals surface area contributed by atoms with Crippen molar-refractivity contribution in [1.82, 2.24) is 9.88 Å². The molecule has 0 saturated carbocycles. The number of carbonyl (C=O) groups excluding carboxylic acids is 3. The topological polar surface area (TPSA) is 106 Å². The Balaban J connectivity index is 0.00000259. The largest absolute Gasteiger partial charge is 0.463 e. The minimum atomic E-state index is -1.66. The third-order valence-electron chi connectivity index (χ3n) is 6.52. The molecule has 2 unspecified atom stereocenters. The molecule has 1 saturated heterocycles. The van der Waals surface area contributed by atoms with E-state index in [2.05, 4.69) is 0 Å². The van der Waals surface area contributed by atoms with Gasteiger partial charge in [0.25, 0.3) is 0 Å². The highest BCUT2D eigenvalue weighted by Crippen LogP contribution is 2.44. The molecule has 1 amide bonds. The second kappa shape index (κ2) is 7.41. The number of cyclic esters (lactones) is 1. The average molecular weight is 438 g/mol. The van der Waals surface area contributed by atoms with Crippen molar-refractivity contribution in [1.29, 1.82) is 0 Å². The summed E-state index contributed by atoms with van der Waals surface area (Å²) in [6.45, 7) is 3.56. The number of rotatable bonds is 3. The van der Waals surface area contributed by atoms with E-state index in [1.807, 2.05) is 19.1 Å². The van der Waals surface area contributed by atoms with Gasteiger partial charge in [-0.3, -0.25) is 9.59 Å². The number of hydrogen-bond donors (Lipinski definition) is 1. The molecule has 4 heterocycles. The van der Waals surface area contributed by atoms with E-state index >= 15 is 0 Å². The molecule has 2 bridgehead atoms. The highest BCUT2D eigenvalue weighted by atomic mass is 16.6. The first-order valence-corrected chi connectivity index (χ1v) is 10.9. The lowest BCUT2D eigenvalue weighted by Crippen LogP contribution is -2.45. The highest BCUT2D eigenvalue weighted by molar-refractivity contribution is 5.95. The van der Waals surface area contributed by atoms with E-state index in [9.17, 15) is 19.5 Å². The molecule has 1 aromatic carbocycles. The normalized spacial score (nSPS) is 26.6. The summed E-state index contributed by atoms with van der Waals surface area (Å²) in [7, 11) is 0. The van der Waals surface area contributed by atoms with Gasteiger partial charge in [-0.1, -0.05) is 19.4 Å². The van der Waals surface area contributed by atoms with Gasteiger partial charge < -0.3 is 19.5 Å². The van der Waals surface area contributed by atoms with Crippen LogP contribution in [0.1, 0.15) is 45.8 Å². The predicted molar refractivity (Wildman–Crippen MR) is 116 cm³/mol. The van der Waals surface area contributed by atoms with Gasteiger partial charge in [0.15, 0.2) is 5.60 Å². The van der Waals surface area contributed by atoms with Crippen LogP contribution in [-0.2, 0) is 25.7 Å². The molecule has 1 N–H and O–H groups in total. The van der Waals surface area contributed by atoms with Gasteiger partial charge in [-0.2, -0.15) is 0 Å². The summed E-state index contributed by atoms with van der Waals surface area (Å²) in [5.74, 6) is -1.81. The Labute approximate surface area is 186 Å². The summed E-state index contributed by atoms with van der Waals surface area (Å²) in [5, 5.41) is 12.1. The van der Waals surface area contributed by atoms with Crippen LogP contribution < -0.4 is 4.74 Å². The number of carbonyl (C=O) groups is 3. The van der Waals surface area contributed by atoms with Gasteiger partial charge in [-0.25, -0.2) is 9.78 Å². The summed E-state index contributed by atoms with van der Waals surface area (Å²) in [6.07, 6.45) is 3.06. The summed E-state index contributed by atoms with van der Waals surface area (Å²) >= 11 is 0. The summed E-state index contributed by atoms with van der Waals surface area (Å²) < 4.78 is 10.5. The smallest absolute Gasteiger partial charge is 0.338 e. The Morgan fingerprint density at radius 2 is 2.19 bits per heavy atom. The SMILES string of the molecule is CCC[C@]1(O)C(=O)OCC2CC1C=C1c3nc4ccc(OC(C)=O)cc4cc3CN1C2=O.[HH]. The summed E-state index contributed by atoms with van der Waals surface area (Å²) in [6, 6.07) is 7.13. The second-order valence-electron chi connectivity index (χ2n) is 8.73. The van der Waals surface area contributed by atoms with Crippen molar-refractivity contribution in [3.8, 4) is 5.75 Å². The molecule has 1 aromatic heterocycles. The zero-order chi connectivity index (χ0) is 22.6. The van der Waals surface area contributed by atoms with Gasteiger partial charge in [-0.05, 0) is 37.1 Å². The van der Waals surface area contributed by atoms with Gasteiger partial charge >= 0.3 is 11.9 Å². The van der Waals surface area contributed by atoms with Crippen LogP contribution in [0.2, 0.25) is 0 Å². The molecule has 3 aliphatic rings. The minimum absolute atomic E-state index is 0. The number of esters is 2. The fourth-order valence-electron chi connectivity index (χ4n) is 5.00. The molecule has 168 valence electrons. The quantitative estimate of drug-likeness (QED) is 0.580. The first-order valence-electron chi connectivity index (χ1n) is 10.9. The molecule has 2 aromatic rings. The van der Waals surface area contributed by atoms with Crippen molar-refractivity contribution < 1.29 is 30.4 Å². The summed E-state index contributed by atoms with van der Waals surface area (Å²) in [4.78, 5) is 43.7. The van der Waals surface area contributed by atoms with Crippen molar-refractivity contribution in [3.63, 3.8) is 0 Å². The third kappa shape index (κ3) is 3.17.